The van der Waals surface area contributed by atoms with Gasteiger partial charge in [-0.05, 0) is 25.8 Å². The molecular formula is C14H19N3O4. The van der Waals surface area contributed by atoms with Crippen LogP contribution in [0.5, 0.6) is 0 Å². The van der Waals surface area contributed by atoms with E-state index in [9.17, 15) is 14.9 Å². The van der Waals surface area contributed by atoms with Crippen molar-refractivity contribution < 1.29 is 14.5 Å². The maximum absolute atomic E-state index is 12.5. The molecule has 1 atom stereocenters. The molecule has 0 aromatic heterocycles. The van der Waals surface area contributed by atoms with Gasteiger partial charge in [-0.2, -0.15) is 0 Å². The van der Waals surface area contributed by atoms with Crippen LogP contribution in [-0.2, 0) is 4.74 Å². The van der Waals surface area contributed by atoms with Gasteiger partial charge in [0.1, 0.15) is 5.69 Å². The lowest BCUT2D eigenvalue weighted by molar-refractivity contribution is -0.383. The normalized spacial score (nSPS) is 18.5. The highest BCUT2D eigenvalue weighted by atomic mass is 16.6. The monoisotopic (exact) mass is 293 g/mol. The molecule has 1 saturated heterocycles. The molecule has 1 amide bonds. The van der Waals surface area contributed by atoms with Crippen LogP contribution >= 0.6 is 0 Å². The second-order valence-electron chi connectivity index (χ2n) is 4.97. The van der Waals surface area contributed by atoms with Crippen LogP contribution in [0.15, 0.2) is 18.2 Å². The molecule has 1 aromatic carbocycles. The van der Waals surface area contributed by atoms with Gasteiger partial charge in [-0.3, -0.25) is 14.9 Å². The predicted molar refractivity (Wildman–Crippen MR) is 78.1 cm³/mol. The Morgan fingerprint density at radius 1 is 1.57 bits per heavy atom. The number of nitrogens with two attached hydrogens (primary N) is 1. The number of nitrogen functional groups attached to an aromatic ring is 1. The van der Waals surface area contributed by atoms with Crippen molar-refractivity contribution in [2.45, 2.75) is 25.9 Å². The maximum Gasteiger partial charge on any atom is 0.292 e. The number of carbonyl (C=O) groups is 1. The number of para-hydroxylation sites is 1. The van der Waals surface area contributed by atoms with Crippen LogP contribution in [0, 0.1) is 10.1 Å². The van der Waals surface area contributed by atoms with Crippen molar-refractivity contribution >= 4 is 17.3 Å². The summed E-state index contributed by atoms with van der Waals surface area (Å²) in [6.07, 6.45) is 1.79. The van der Waals surface area contributed by atoms with E-state index in [0.717, 1.165) is 12.8 Å². The van der Waals surface area contributed by atoms with Crippen LogP contribution in [0.4, 0.5) is 11.4 Å². The largest absolute Gasteiger partial charge is 0.393 e. The Morgan fingerprint density at radius 2 is 2.33 bits per heavy atom. The zero-order valence-corrected chi connectivity index (χ0v) is 11.9. The molecule has 0 aliphatic carbocycles. The van der Waals surface area contributed by atoms with Crippen molar-refractivity contribution in [1.29, 1.82) is 0 Å². The second-order valence-corrected chi connectivity index (χ2v) is 4.97. The minimum Gasteiger partial charge on any atom is -0.393 e. The fourth-order valence-electron chi connectivity index (χ4n) is 2.56. The van der Waals surface area contributed by atoms with E-state index in [4.69, 9.17) is 10.5 Å². The smallest absolute Gasteiger partial charge is 0.292 e. The number of nitro groups is 1. The first-order chi connectivity index (χ1) is 10.0. The fraction of sp³-hybridized carbons (Fsp3) is 0.500. The Bertz CT molecular complexity index is 545. The average molecular weight is 293 g/mol. The number of ether oxygens (including phenoxy) is 1. The third-order valence-electron chi connectivity index (χ3n) is 3.58. The van der Waals surface area contributed by atoms with E-state index in [1.54, 1.807) is 4.90 Å². The second kappa shape index (κ2) is 6.53. The van der Waals surface area contributed by atoms with Gasteiger partial charge in [-0.1, -0.05) is 6.07 Å². The lowest BCUT2D eigenvalue weighted by atomic mass is 10.1. The van der Waals surface area contributed by atoms with E-state index in [2.05, 4.69) is 0 Å². The standard InChI is InChI=1S/C14H19N3O4/c1-2-21-10-5-4-8-16(9-10)14(18)11-6-3-7-12(13(11)15)17(19)20/h3,6-7,10H,2,4-5,8-9,15H2,1H3. The number of rotatable bonds is 4. The van der Waals surface area contributed by atoms with Gasteiger partial charge in [0.15, 0.2) is 0 Å². The number of nitro benzene ring substituents is 1. The third-order valence-corrected chi connectivity index (χ3v) is 3.58. The van der Waals surface area contributed by atoms with Gasteiger partial charge in [0.2, 0.25) is 0 Å². The van der Waals surface area contributed by atoms with Gasteiger partial charge in [-0.15, -0.1) is 0 Å². The summed E-state index contributed by atoms with van der Waals surface area (Å²) in [6.45, 7) is 3.63. The summed E-state index contributed by atoms with van der Waals surface area (Å²) in [5.74, 6) is -0.277. The summed E-state index contributed by atoms with van der Waals surface area (Å²) in [4.78, 5) is 24.5. The molecule has 1 fully saturated rings. The molecule has 2 N–H and O–H groups in total. The number of anilines is 1. The molecule has 0 bridgehead atoms. The summed E-state index contributed by atoms with van der Waals surface area (Å²) >= 11 is 0. The maximum atomic E-state index is 12.5. The minimum atomic E-state index is -0.578. The van der Waals surface area contributed by atoms with Crippen LogP contribution in [0.1, 0.15) is 30.1 Å². The number of likely N-dealkylation sites (tertiary alicyclic amines) is 1. The highest BCUT2D eigenvalue weighted by molar-refractivity contribution is 6.01. The molecule has 1 aliphatic rings. The lowest BCUT2D eigenvalue weighted by Gasteiger charge is -2.32. The van der Waals surface area contributed by atoms with Crippen molar-refractivity contribution in [2.75, 3.05) is 25.4 Å². The van der Waals surface area contributed by atoms with Crippen molar-refractivity contribution in [3.05, 3.63) is 33.9 Å². The highest BCUT2D eigenvalue weighted by Crippen LogP contribution is 2.27. The molecule has 1 aromatic rings. The number of piperidine rings is 1. The molecule has 1 aliphatic heterocycles. The summed E-state index contributed by atoms with van der Waals surface area (Å²) in [6, 6.07) is 4.30. The number of carbonyl (C=O) groups excluding carboxylic acids is 1. The van der Waals surface area contributed by atoms with Crippen molar-refractivity contribution in [1.82, 2.24) is 4.90 Å². The van der Waals surface area contributed by atoms with Gasteiger partial charge in [0.05, 0.1) is 16.6 Å². The lowest BCUT2D eigenvalue weighted by Crippen LogP contribution is -2.43. The summed E-state index contributed by atoms with van der Waals surface area (Å²) in [7, 11) is 0. The van der Waals surface area contributed by atoms with E-state index >= 15 is 0 Å². The topological polar surface area (TPSA) is 98.7 Å². The molecule has 114 valence electrons. The van der Waals surface area contributed by atoms with E-state index in [0.29, 0.717) is 19.7 Å². The molecular weight excluding hydrogens is 274 g/mol. The molecule has 2 rings (SSSR count). The van der Waals surface area contributed by atoms with E-state index in [-0.39, 0.29) is 28.9 Å². The molecule has 0 saturated carbocycles. The molecule has 7 heteroatoms. The zero-order valence-electron chi connectivity index (χ0n) is 11.9. The van der Waals surface area contributed by atoms with Gasteiger partial charge in [0.25, 0.3) is 11.6 Å². The minimum absolute atomic E-state index is 0.0209. The average Bonchev–Trinajstić information content (AvgIpc) is 2.47. The molecule has 1 unspecified atom stereocenters. The van der Waals surface area contributed by atoms with Crippen molar-refractivity contribution in [3.63, 3.8) is 0 Å². The quantitative estimate of drug-likeness (QED) is 0.518. The van der Waals surface area contributed by atoms with Gasteiger partial charge in [0, 0.05) is 25.8 Å². The Balaban J connectivity index is 2.20. The van der Waals surface area contributed by atoms with E-state index in [1.165, 1.54) is 18.2 Å². The zero-order chi connectivity index (χ0) is 15.4. The van der Waals surface area contributed by atoms with Crippen molar-refractivity contribution in [2.24, 2.45) is 0 Å². The molecule has 7 nitrogen and oxygen atoms in total. The number of nitrogens with zero attached hydrogens (tertiary/aromatic N) is 2. The number of hydrogen-bond acceptors (Lipinski definition) is 5. The molecule has 21 heavy (non-hydrogen) atoms. The van der Waals surface area contributed by atoms with Crippen LogP contribution in [0.3, 0.4) is 0 Å². The first kappa shape index (κ1) is 15.2. The number of benzene rings is 1. The van der Waals surface area contributed by atoms with Crippen LogP contribution < -0.4 is 5.73 Å². The first-order valence-electron chi connectivity index (χ1n) is 6.98. The number of hydrogen-bond donors (Lipinski definition) is 1. The van der Waals surface area contributed by atoms with Gasteiger partial charge >= 0.3 is 0 Å². The van der Waals surface area contributed by atoms with Crippen molar-refractivity contribution in [3.8, 4) is 0 Å². The van der Waals surface area contributed by atoms with Crippen LogP contribution in [0.2, 0.25) is 0 Å². The molecule has 1 heterocycles. The Hall–Kier alpha value is -2.15. The van der Waals surface area contributed by atoms with Crippen LogP contribution in [-0.4, -0.2) is 41.5 Å². The van der Waals surface area contributed by atoms with Gasteiger partial charge < -0.3 is 15.4 Å². The molecule has 0 radical (unpaired) electrons. The number of amides is 1. The first-order valence-corrected chi connectivity index (χ1v) is 6.98. The Kier molecular flexibility index (Phi) is 4.74. The SMILES string of the molecule is CCOC1CCCN(C(=O)c2cccc([N+](=O)[O-])c2N)C1. The highest BCUT2D eigenvalue weighted by Gasteiger charge is 2.27. The predicted octanol–water partition coefficient (Wildman–Crippen LogP) is 1.82. The van der Waals surface area contributed by atoms with E-state index in [1.807, 2.05) is 6.92 Å². The fourth-order valence-corrected chi connectivity index (χ4v) is 2.56. The molecule has 0 spiro atoms. The Labute approximate surface area is 122 Å². The van der Waals surface area contributed by atoms with E-state index < -0.39 is 4.92 Å². The van der Waals surface area contributed by atoms with Crippen LogP contribution in [0.25, 0.3) is 0 Å². The van der Waals surface area contributed by atoms with Gasteiger partial charge in [-0.25, -0.2) is 0 Å². The summed E-state index contributed by atoms with van der Waals surface area (Å²) in [5.41, 5.74) is 5.63. The summed E-state index contributed by atoms with van der Waals surface area (Å²) in [5, 5.41) is 10.9. The Morgan fingerprint density at radius 3 is 3.00 bits per heavy atom. The summed E-state index contributed by atoms with van der Waals surface area (Å²) < 4.78 is 5.56. The third kappa shape index (κ3) is 3.30.